The number of nitrogen functional groups attached to an aromatic ring is 1. The minimum atomic E-state index is -0.473. The van der Waals surface area contributed by atoms with Gasteiger partial charge in [0.2, 0.25) is 11.6 Å². The van der Waals surface area contributed by atoms with Gasteiger partial charge in [0.15, 0.2) is 5.65 Å². The first kappa shape index (κ1) is 13.7. The number of anilines is 1. The van der Waals surface area contributed by atoms with Crippen LogP contribution in [0.5, 0.6) is 0 Å². The summed E-state index contributed by atoms with van der Waals surface area (Å²) in [6.45, 7) is 0. The molecule has 0 spiro atoms. The Morgan fingerprint density at radius 2 is 2.00 bits per heavy atom. The van der Waals surface area contributed by atoms with Crippen LogP contribution >= 0.6 is 11.6 Å². The summed E-state index contributed by atoms with van der Waals surface area (Å²) in [5.74, 6) is 0.735. The van der Waals surface area contributed by atoms with Crippen molar-refractivity contribution in [1.29, 1.82) is 0 Å². The van der Waals surface area contributed by atoms with Crippen molar-refractivity contribution >= 4 is 23.1 Å². The molecule has 0 saturated heterocycles. The maximum Gasteiger partial charge on any atom is 0.220 e. The summed E-state index contributed by atoms with van der Waals surface area (Å²) in [7, 11) is 0. The first-order chi connectivity index (χ1) is 11.1. The molecule has 8 heteroatoms. The van der Waals surface area contributed by atoms with E-state index in [4.69, 9.17) is 21.9 Å². The van der Waals surface area contributed by atoms with E-state index in [1.165, 1.54) is 22.8 Å². The molecule has 0 aliphatic carbocycles. The molecule has 2 N–H and O–H groups in total. The Hall–Kier alpha value is -2.93. The fourth-order valence-electron chi connectivity index (χ4n) is 2.29. The topological polar surface area (TPSA) is 82.2 Å². The van der Waals surface area contributed by atoms with E-state index in [0.717, 1.165) is 11.1 Å². The van der Waals surface area contributed by atoms with E-state index in [1.807, 2.05) is 0 Å². The highest BCUT2D eigenvalue weighted by molar-refractivity contribution is 6.31. The van der Waals surface area contributed by atoms with Crippen molar-refractivity contribution in [2.24, 2.45) is 0 Å². The van der Waals surface area contributed by atoms with Gasteiger partial charge >= 0.3 is 0 Å². The van der Waals surface area contributed by atoms with Gasteiger partial charge in [-0.15, -0.1) is 5.10 Å². The van der Waals surface area contributed by atoms with E-state index in [1.54, 1.807) is 24.3 Å². The van der Waals surface area contributed by atoms with Gasteiger partial charge in [0, 0.05) is 6.07 Å². The van der Waals surface area contributed by atoms with E-state index in [-0.39, 0.29) is 5.02 Å². The van der Waals surface area contributed by atoms with Crippen molar-refractivity contribution in [2.75, 3.05) is 5.73 Å². The molecule has 3 aromatic heterocycles. The SMILES string of the molecule is Nc1cc(-c2ccc(F)c(Cl)c2)cc2nc(-c3ccno3)nn12. The Morgan fingerprint density at radius 3 is 2.74 bits per heavy atom. The van der Waals surface area contributed by atoms with Gasteiger partial charge in [0.1, 0.15) is 11.6 Å². The number of hydrogen-bond donors (Lipinski definition) is 1. The minimum Gasteiger partial charge on any atom is -0.384 e. The monoisotopic (exact) mass is 329 g/mol. The second-order valence-electron chi connectivity index (χ2n) is 4.88. The number of hydrogen-bond acceptors (Lipinski definition) is 5. The molecule has 3 heterocycles. The summed E-state index contributed by atoms with van der Waals surface area (Å²) < 4.78 is 19.8. The van der Waals surface area contributed by atoms with Crippen molar-refractivity contribution in [2.45, 2.75) is 0 Å². The van der Waals surface area contributed by atoms with Gasteiger partial charge < -0.3 is 10.3 Å². The average Bonchev–Trinajstić information content (AvgIpc) is 3.18. The number of fused-ring (bicyclic) bond motifs is 1. The molecular formula is C15H9ClFN5O. The van der Waals surface area contributed by atoms with Crippen LogP contribution in [0, 0.1) is 5.82 Å². The third-order valence-electron chi connectivity index (χ3n) is 3.38. The van der Waals surface area contributed by atoms with Gasteiger partial charge in [0.25, 0.3) is 0 Å². The van der Waals surface area contributed by atoms with E-state index >= 15 is 0 Å². The summed E-state index contributed by atoms with van der Waals surface area (Å²) in [5.41, 5.74) is 8.06. The molecule has 114 valence electrons. The van der Waals surface area contributed by atoms with Gasteiger partial charge in [0.05, 0.1) is 11.2 Å². The fourth-order valence-corrected chi connectivity index (χ4v) is 2.47. The molecule has 0 radical (unpaired) electrons. The molecule has 0 aliphatic rings. The largest absolute Gasteiger partial charge is 0.384 e. The predicted molar refractivity (Wildman–Crippen MR) is 83.3 cm³/mol. The quantitative estimate of drug-likeness (QED) is 0.609. The van der Waals surface area contributed by atoms with Crippen molar-refractivity contribution < 1.29 is 8.91 Å². The molecule has 4 rings (SSSR count). The van der Waals surface area contributed by atoms with Crippen LogP contribution in [0.25, 0.3) is 28.4 Å². The highest BCUT2D eigenvalue weighted by Crippen LogP contribution is 2.28. The zero-order valence-electron chi connectivity index (χ0n) is 11.6. The van der Waals surface area contributed by atoms with Crippen LogP contribution in [-0.2, 0) is 0 Å². The van der Waals surface area contributed by atoms with Crippen molar-refractivity contribution in [3.8, 4) is 22.7 Å². The number of benzene rings is 1. The van der Waals surface area contributed by atoms with Crippen LogP contribution in [0.3, 0.4) is 0 Å². The lowest BCUT2D eigenvalue weighted by molar-refractivity contribution is 0.429. The number of aromatic nitrogens is 4. The van der Waals surface area contributed by atoms with Gasteiger partial charge in [-0.3, -0.25) is 0 Å². The highest BCUT2D eigenvalue weighted by atomic mass is 35.5. The number of nitrogens with zero attached hydrogens (tertiary/aromatic N) is 4. The molecule has 6 nitrogen and oxygen atoms in total. The Bertz CT molecular complexity index is 1010. The maximum atomic E-state index is 13.3. The number of pyridine rings is 1. The normalized spacial score (nSPS) is 11.2. The van der Waals surface area contributed by atoms with Crippen molar-refractivity contribution in [3.63, 3.8) is 0 Å². The molecule has 0 amide bonds. The summed E-state index contributed by atoms with van der Waals surface area (Å²) in [6.07, 6.45) is 1.51. The second-order valence-corrected chi connectivity index (χ2v) is 5.29. The predicted octanol–water partition coefficient (Wildman–Crippen LogP) is 3.43. The summed E-state index contributed by atoms with van der Waals surface area (Å²) in [4.78, 5) is 4.37. The third-order valence-corrected chi connectivity index (χ3v) is 3.67. The summed E-state index contributed by atoms with van der Waals surface area (Å²) >= 11 is 5.83. The molecule has 0 atom stereocenters. The van der Waals surface area contributed by atoms with E-state index < -0.39 is 5.82 Å². The maximum absolute atomic E-state index is 13.3. The van der Waals surface area contributed by atoms with E-state index in [0.29, 0.717) is 23.0 Å². The standard InChI is InChI=1S/C15H9ClFN5O/c16-10-5-8(1-2-11(10)17)9-6-13(18)22-14(7-9)20-15(21-22)12-3-4-19-23-12/h1-7H,18H2. The number of halogens is 2. The Labute approximate surface area is 134 Å². The molecular weight excluding hydrogens is 321 g/mol. The summed E-state index contributed by atoms with van der Waals surface area (Å²) in [5, 5.41) is 7.96. The zero-order valence-corrected chi connectivity index (χ0v) is 12.3. The zero-order chi connectivity index (χ0) is 16.0. The van der Waals surface area contributed by atoms with Crippen LogP contribution < -0.4 is 5.73 Å². The molecule has 0 bridgehead atoms. The van der Waals surface area contributed by atoms with Crippen LogP contribution in [0.2, 0.25) is 5.02 Å². The van der Waals surface area contributed by atoms with Crippen LogP contribution in [0.4, 0.5) is 10.2 Å². The van der Waals surface area contributed by atoms with Crippen molar-refractivity contribution in [3.05, 3.63) is 53.4 Å². The second kappa shape index (κ2) is 5.06. The van der Waals surface area contributed by atoms with Gasteiger partial charge in [-0.1, -0.05) is 22.8 Å². The van der Waals surface area contributed by atoms with Crippen LogP contribution in [0.15, 0.2) is 47.1 Å². The first-order valence-electron chi connectivity index (χ1n) is 6.64. The molecule has 4 aromatic rings. The summed E-state index contributed by atoms with van der Waals surface area (Å²) in [6, 6.07) is 9.63. The van der Waals surface area contributed by atoms with E-state index in [2.05, 4.69) is 15.2 Å². The van der Waals surface area contributed by atoms with Gasteiger partial charge in [-0.2, -0.15) is 4.52 Å². The number of nitrogens with two attached hydrogens (primary N) is 1. The lowest BCUT2D eigenvalue weighted by atomic mass is 10.1. The molecule has 0 saturated carbocycles. The Kier molecular flexibility index (Phi) is 3.02. The molecule has 0 fully saturated rings. The minimum absolute atomic E-state index is 0.0461. The molecule has 1 aromatic carbocycles. The van der Waals surface area contributed by atoms with Crippen LogP contribution in [-0.4, -0.2) is 19.8 Å². The smallest absolute Gasteiger partial charge is 0.220 e. The Balaban J connectivity index is 1.87. The number of rotatable bonds is 2. The Morgan fingerprint density at radius 1 is 1.13 bits per heavy atom. The van der Waals surface area contributed by atoms with Gasteiger partial charge in [-0.05, 0) is 35.4 Å². The van der Waals surface area contributed by atoms with Crippen LogP contribution in [0.1, 0.15) is 0 Å². The highest BCUT2D eigenvalue weighted by Gasteiger charge is 2.13. The fraction of sp³-hybridized carbons (Fsp3) is 0. The molecule has 0 unspecified atom stereocenters. The lowest BCUT2D eigenvalue weighted by Crippen LogP contribution is -1.99. The third kappa shape index (κ3) is 2.31. The van der Waals surface area contributed by atoms with Gasteiger partial charge in [-0.25, -0.2) is 9.37 Å². The van der Waals surface area contributed by atoms with E-state index in [9.17, 15) is 4.39 Å². The average molecular weight is 330 g/mol. The lowest BCUT2D eigenvalue weighted by Gasteiger charge is -2.05. The van der Waals surface area contributed by atoms with Crippen molar-refractivity contribution in [1.82, 2.24) is 19.8 Å². The molecule has 23 heavy (non-hydrogen) atoms. The molecule has 0 aliphatic heterocycles. The first-order valence-corrected chi connectivity index (χ1v) is 7.02.